The molecule has 23 heavy (non-hydrogen) atoms. The normalized spacial score (nSPS) is 14.3. The molecule has 0 aromatic carbocycles. The zero-order valence-electron chi connectivity index (χ0n) is 17.3. The van der Waals surface area contributed by atoms with Gasteiger partial charge in [0.1, 0.15) is 13.7 Å². The third-order valence-corrected chi connectivity index (χ3v) is 4.79. The van der Waals surface area contributed by atoms with Gasteiger partial charge < -0.3 is 4.74 Å². The predicted octanol–water partition coefficient (Wildman–Crippen LogP) is 4.29. The van der Waals surface area contributed by atoms with E-state index in [0.717, 1.165) is 0 Å². The molecular weight excluding hydrogens is 333 g/mol. The van der Waals surface area contributed by atoms with Crippen molar-refractivity contribution >= 4 is 21.9 Å². The van der Waals surface area contributed by atoms with Gasteiger partial charge in [0, 0.05) is 0 Å². The van der Waals surface area contributed by atoms with Crippen molar-refractivity contribution in [1.82, 2.24) is 4.67 Å². The quantitative estimate of drug-likeness (QED) is 0.399. The van der Waals surface area contributed by atoms with Gasteiger partial charge in [0.25, 0.3) is 0 Å². The maximum atomic E-state index is 13.1. The van der Waals surface area contributed by atoms with Crippen molar-refractivity contribution in [1.29, 1.82) is 0 Å². The summed E-state index contributed by atoms with van der Waals surface area (Å²) in [6, 6.07) is 0. The van der Waals surface area contributed by atoms with Crippen molar-refractivity contribution in [2.75, 3.05) is 19.7 Å². The number of hydrogen-bond acceptors (Lipinski definition) is 5. The molecule has 0 aliphatic carbocycles. The SMILES string of the molecule is [2H]C([2H])(C#C[Si](C)(C)C)N(C(=O)OC(C)(C)C)P(=O)(OCC)OCC. The lowest BCUT2D eigenvalue weighted by atomic mass is 10.2. The summed E-state index contributed by atoms with van der Waals surface area (Å²) in [5.74, 6) is 2.43. The molecule has 0 aromatic heterocycles. The third kappa shape index (κ3) is 9.16. The maximum Gasteiger partial charge on any atom is 0.441 e. The summed E-state index contributed by atoms with van der Waals surface area (Å²) in [7, 11) is -6.22. The molecule has 0 unspecified atom stereocenters. The summed E-state index contributed by atoms with van der Waals surface area (Å²) in [5.41, 5.74) is 1.93. The fourth-order valence-electron chi connectivity index (χ4n) is 1.26. The largest absolute Gasteiger partial charge is 0.443 e. The highest BCUT2D eigenvalue weighted by molar-refractivity contribution is 7.52. The highest BCUT2D eigenvalue weighted by Gasteiger charge is 2.39. The number of carbonyl (C=O) groups is 1. The molecule has 0 bridgehead atoms. The highest BCUT2D eigenvalue weighted by Crippen LogP contribution is 2.52. The Labute approximate surface area is 144 Å². The van der Waals surface area contributed by atoms with Crippen LogP contribution in [0.15, 0.2) is 0 Å². The van der Waals surface area contributed by atoms with Gasteiger partial charge in [-0.15, -0.1) is 5.54 Å². The van der Waals surface area contributed by atoms with Crippen molar-refractivity contribution in [3.05, 3.63) is 0 Å². The molecule has 0 atom stereocenters. The first kappa shape index (κ1) is 18.5. The zero-order chi connectivity index (χ0) is 20.1. The van der Waals surface area contributed by atoms with Crippen molar-refractivity contribution in [3.8, 4) is 11.5 Å². The van der Waals surface area contributed by atoms with E-state index in [4.69, 9.17) is 16.5 Å². The van der Waals surface area contributed by atoms with E-state index < -0.39 is 34.0 Å². The van der Waals surface area contributed by atoms with Crippen molar-refractivity contribution in [2.45, 2.75) is 59.9 Å². The standard InChI is InChI=1S/C15H30NO5PSi/c1-9-19-22(18,20-10-2)16(12-11-13-23(6,7)8)14(17)21-15(3,4)5/h9-10,12H2,1-8H3/i12D2. The lowest BCUT2D eigenvalue weighted by Gasteiger charge is -2.30. The molecule has 0 spiro atoms. The fraction of sp³-hybridized carbons (Fsp3) is 0.800. The average Bonchev–Trinajstić information content (AvgIpc) is 2.33. The molecule has 0 fully saturated rings. The van der Waals surface area contributed by atoms with Crippen LogP contribution in [0.4, 0.5) is 4.79 Å². The summed E-state index contributed by atoms with van der Waals surface area (Å²) in [5, 5.41) is 0. The van der Waals surface area contributed by atoms with Crippen LogP contribution < -0.4 is 0 Å². The van der Waals surface area contributed by atoms with E-state index in [-0.39, 0.29) is 13.2 Å². The first-order chi connectivity index (χ1) is 11.1. The monoisotopic (exact) mass is 365 g/mol. The zero-order valence-corrected chi connectivity index (χ0v) is 17.2. The second-order valence-corrected chi connectivity index (χ2v) is 13.3. The van der Waals surface area contributed by atoms with Crippen LogP contribution in [0.1, 0.15) is 37.4 Å². The maximum absolute atomic E-state index is 13.1. The van der Waals surface area contributed by atoms with Crippen molar-refractivity contribution in [3.63, 3.8) is 0 Å². The molecule has 0 aliphatic heterocycles. The lowest BCUT2D eigenvalue weighted by Crippen LogP contribution is -2.36. The second-order valence-electron chi connectivity index (χ2n) is 6.71. The molecule has 0 saturated carbocycles. The van der Waals surface area contributed by atoms with Crippen LogP contribution in [0.2, 0.25) is 19.6 Å². The van der Waals surface area contributed by atoms with Crippen molar-refractivity contribution < 1.29 is 25.9 Å². The molecule has 0 radical (unpaired) electrons. The minimum atomic E-state index is -4.28. The minimum Gasteiger partial charge on any atom is -0.443 e. The Morgan fingerprint density at radius 3 is 2.04 bits per heavy atom. The summed E-state index contributed by atoms with van der Waals surface area (Å²) in [6.45, 7) is 11.2. The van der Waals surface area contributed by atoms with E-state index in [1.807, 2.05) is 19.6 Å². The topological polar surface area (TPSA) is 65.1 Å². The van der Waals surface area contributed by atoms with E-state index in [0.29, 0.717) is 4.67 Å². The molecule has 0 heterocycles. The van der Waals surface area contributed by atoms with Crippen LogP contribution in [0.3, 0.4) is 0 Å². The van der Waals surface area contributed by atoms with E-state index in [1.54, 1.807) is 34.6 Å². The van der Waals surface area contributed by atoms with Crippen LogP contribution in [-0.2, 0) is 18.3 Å². The molecule has 134 valence electrons. The molecule has 1 amide bonds. The van der Waals surface area contributed by atoms with Crippen LogP contribution in [0.5, 0.6) is 0 Å². The first-order valence-electron chi connectivity index (χ1n) is 8.55. The smallest absolute Gasteiger partial charge is 0.441 e. The minimum absolute atomic E-state index is 0.0336. The Bertz CT molecular complexity index is 565. The molecule has 0 aliphatic rings. The Morgan fingerprint density at radius 2 is 1.70 bits per heavy atom. The summed E-state index contributed by atoms with van der Waals surface area (Å²) in [4.78, 5) is 12.6. The van der Waals surface area contributed by atoms with E-state index >= 15 is 0 Å². The van der Waals surface area contributed by atoms with Crippen LogP contribution >= 0.6 is 7.75 Å². The average molecular weight is 365 g/mol. The van der Waals surface area contributed by atoms with Crippen LogP contribution in [-0.4, -0.2) is 44.1 Å². The van der Waals surface area contributed by atoms with Gasteiger partial charge in [0.2, 0.25) is 0 Å². The Morgan fingerprint density at radius 1 is 1.22 bits per heavy atom. The van der Waals surface area contributed by atoms with Gasteiger partial charge in [-0.3, -0.25) is 9.05 Å². The number of hydrogen-bond donors (Lipinski definition) is 0. The number of nitrogens with zero attached hydrogens (tertiary/aromatic N) is 1. The highest BCUT2D eigenvalue weighted by atomic mass is 31.2. The molecule has 0 N–H and O–H groups in total. The summed E-state index contributed by atoms with van der Waals surface area (Å²) < 4.78 is 45.4. The lowest BCUT2D eigenvalue weighted by molar-refractivity contribution is 0.0339. The first-order valence-corrected chi connectivity index (χ1v) is 12.5. The number of amides is 1. The Hall–Kier alpha value is -0.803. The summed E-state index contributed by atoms with van der Waals surface area (Å²) in [6.07, 6.45) is -1.15. The number of ether oxygens (including phenoxy) is 1. The Balaban J connectivity index is 6.17. The molecular formula is C15H30NO5PSi. The van der Waals surface area contributed by atoms with Crippen LogP contribution in [0.25, 0.3) is 0 Å². The molecule has 6 nitrogen and oxygen atoms in total. The Kier molecular flexibility index (Phi) is 7.16. The van der Waals surface area contributed by atoms with E-state index in [9.17, 15) is 9.36 Å². The summed E-state index contributed by atoms with van der Waals surface area (Å²) >= 11 is 0. The predicted molar refractivity (Wildman–Crippen MR) is 94.9 cm³/mol. The van der Waals surface area contributed by atoms with Gasteiger partial charge in [-0.25, -0.2) is 14.0 Å². The molecule has 8 heteroatoms. The molecule has 0 aromatic rings. The number of rotatable bonds is 6. The molecule has 0 rings (SSSR count). The van der Waals surface area contributed by atoms with E-state index in [1.165, 1.54) is 0 Å². The van der Waals surface area contributed by atoms with Gasteiger partial charge >= 0.3 is 13.8 Å². The van der Waals surface area contributed by atoms with Crippen molar-refractivity contribution in [2.24, 2.45) is 0 Å². The van der Waals surface area contributed by atoms with Gasteiger partial charge in [0.05, 0.1) is 22.5 Å². The molecule has 0 saturated heterocycles. The second kappa shape index (κ2) is 8.88. The van der Waals surface area contributed by atoms with Crippen LogP contribution in [0, 0.1) is 11.5 Å². The van der Waals surface area contributed by atoms with E-state index in [2.05, 4.69) is 11.5 Å². The van der Waals surface area contributed by atoms with Gasteiger partial charge in [-0.1, -0.05) is 25.6 Å². The van der Waals surface area contributed by atoms with Gasteiger partial charge in [-0.05, 0) is 34.6 Å². The van der Waals surface area contributed by atoms with Gasteiger partial charge in [-0.2, -0.15) is 0 Å². The number of carbonyl (C=O) groups excluding carboxylic acids is 1. The van der Waals surface area contributed by atoms with Gasteiger partial charge in [0.15, 0.2) is 0 Å². The fourth-order valence-corrected chi connectivity index (χ4v) is 3.06. The third-order valence-electron chi connectivity index (χ3n) is 2.00.